The highest BCUT2D eigenvalue weighted by atomic mass is 19.1. The van der Waals surface area contributed by atoms with Gasteiger partial charge in [0, 0.05) is 51.0 Å². The Labute approximate surface area is 212 Å². The number of nitrogens with one attached hydrogen (secondary N) is 1. The summed E-state index contributed by atoms with van der Waals surface area (Å²) in [5.74, 6) is -0.440. The van der Waals surface area contributed by atoms with Crippen molar-refractivity contribution >= 4 is 5.69 Å². The molecule has 4 rings (SSSR count). The van der Waals surface area contributed by atoms with E-state index in [9.17, 15) is 19.0 Å². The second-order valence-electron chi connectivity index (χ2n) is 9.35. The van der Waals surface area contributed by atoms with Crippen molar-refractivity contribution in [2.75, 3.05) is 44.3 Å². The smallest absolute Gasteiger partial charge is 0.123 e. The summed E-state index contributed by atoms with van der Waals surface area (Å²) >= 11 is 0. The van der Waals surface area contributed by atoms with E-state index in [0.29, 0.717) is 13.1 Å². The van der Waals surface area contributed by atoms with Crippen LogP contribution in [0.5, 0.6) is 0 Å². The van der Waals surface area contributed by atoms with Gasteiger partial charge in [0.2, 0.25) is 0 Å². The molecule has 192 valence electrons. The van der Waals surface area contributed by atoms with Crippen molar-refractivity contribution in [1.82, 2.24) is 10.2 Å². The summed E-state index contributed by atoms with van der Waals surface area (Å²) in [5.41, 5.74) is 5.44. The maximum absolute atomic E-state index is 13.9. The lowest BCUT2D eigenvalue weighted by Gasteiger charge is -2.37. The molecule has 1 aliphatic heterocycles. The Bertz CT molecular complexity index is 1090. The van der Waals surface area contributed by atoms with Gasteiger partial charge < -0.3 is 20.4 Å². The molecule has 0 amide bonds. The molecule has 3 aromatic rings. The first-order chi connectivity index (χ1) is 17.6. The molecule has 0 aliphatic carbocycles. The summed E-state index contributed by atoms with van der Waals surface area (Å²) in [6, 6.07) is 20.1. The molecule has 1 heterocycles. The molecular weight excluding hydrogens is 460 g/mol. The van der Waals surface area contributed by atoms with Crippen molar-refractivity contribution in [3.63, 3.8) is 0 Å². The molecule has 5 nitrogen and oxygen atoms in total. The highest BCUT2D eigenvalue weighted by Crippen LogP contribution is 2.26. The molecule has 3 aromatic carbocycles. The fraction of sp³-hybridized carbons (Fsp3) is 0.379. The quantitative estimate of drug-likeness (QED) is 0.336. The largest absolute Gasteiger partial charge is 0.395 e. The number of benzene rings is 3. The Kier molecular flexibility index (Phi) is 9.41. The molecule has 0 saturated carbocycles. The SMILES string of the molecule is OCCN(CCO)c1ccc(CNCCN2Cc3ccc(F)cc3CC2Cc2ccc(F)cc2)cc1. The molecule has 7 heteroatoms. The number of nitrogens with zero attached hydrogens (tertiary/aromatic N) is 2. The summed E-state index contributed by atoms with van der Waals surface area (Å²) in [6.45, 7) is 4.22. The average molecular weight is 496 g/mol. The standard InChI is InChI=1S/C29H35F2N3O2/c30-26-6-1-22(2-7-26)17-29-19-25-18-27(31)8-5-24(25)21-34(29)12-11-32-20-23-3-9-28(10-4-23)33(13-15-35)14-16-36/h1-10,18,29,32,35-36H,11-17,19-21H2. The minimum atomic E-state index is -0.238. The average Bonchev–Trinajstić information content (AvgIpc) is 2.88. The van der Waals surface area contributed by atoms with E-state index in [-0.39, 0.29) is 30.9 Å². The number of aliphatic hydroxyl groups excluding tert-OH is 2. The number of rotatable bonds is 12. The van der Waals surface area contributed by atoms with Crippen LogP contribution in [0.4, 0.5) is 14.5 Å². The van der Waals surface area contributed by atoms with Crippen LogP contribution < -0.4 is 10.2 Å². The Balaban J connectivity index is 1.34. The molecule has 3 N–H and O–H groups in total. The van der Waals surface area contributed by atoms with Crippen LogP contribution in [0.25, 0.3) is 0 Å². The van der Waals surface area contributed by atoms with Crippen molar-refractivity contribution < 1.29 is 19.0 Å². The van der Waals surface area contributed by atoms with Gasteiger partial charge in [0.15, 0.2) is 0 Å². The van der Waals surface area contributed by atoms with E-state index in [0.717, 1.165) is 67.0 Å². The summed E-state index contributed by atoms with van der Waals surface area (Å²) in [6.07, 6.45) is 1.56. The molecule has 1 atom stereocenters. The number of hydrogen-bond acceptors (Lipinski definition) is 5. The zero-order valence-corrected chi connectivity index (χ0v) is 20.5. The highest BCUT2D eigenvalue weighted by molar-refractivity contribution is 5.47. The first kappa shape index (κ1) is 26.2. The summed E-state index contributed by atoms with van der Waals surface area (Å²) in [4.78, 5) is 4.39. The molecule has 0 spiro atoms. The van der Waals surface area contributed by atoms with E-state index >= 15 is 0 Å². The van der Waals surface area contributed by atoms with Gasteiger partial charge in [-0.1, -0.05) is 30.3 Å². The fourth-order valence-corrected chi connectivity index (χ4v) is 4.92. The van der Waals surface area contributed by atoms with Gasteiger partial charge in [-0.25, -0.2) is 8.78 Å². The lowest BCUT2D eigenvalue weighted by molar-refractivity contribution is 0.170. The number of aliphatic hydroxyl groups is 2. The van der Waals surface area contributed by atoms with Gasteiger partial charge >= 0.3 is 0 Å². The first-order valence-corrected chi connectivity index (χ1v) is 12.6. The van der Waals surface area contributed by atoms with E-state index in [1.165, 1.54) is 18.2 Å². The third-order valence-electron chi connectivity index (χ3n) is 6.84. The maximum atomic E-state index is 13.9. The van der Waals surface area contributed by atoms with Gasteiger partial charge in [-0.3, -0.25) is 4.90 Å². The number of anilines is 1. The number of hydrogen-bond donors (Lipinski definition) is 3. The molecule has 1 unspecified atom stereocenters. The molecule has 0 fully saturated rings. The maximum Gasteiger partial charge on any atom is 0.123 e. The lowest BCUT2D eigenvalue weighted by atomic mass is 9.90. The first-order valence-electron chi connectivity index (χ1n) is 12.6. The van der Waals surface area contributed by atoms with Gasteiger partial charge in [-0.15, -0.1) is 0 Å². The molecule has 36 heavy (non-hydrogen) atoms. The predicted octanol–water partition coefficient (Wildman–Crippen LogP) is 3.52. The molecule has 0 saturated heterocycles. The van der Waals surface area contributed by atoms with Crippen LogP contribution >= 0.6 is 0 Å². The zero-order valence-electron chi connectivity index (χ0n) is 20.5. The zero-order chi connectivity index (χ0) is 25.3. The second kappa shape index (κ2) is 12.9. The van der Waals surface area contributed by atoms with Crippen molar-refractivity contribution in [1.29, 1.82) is 0 Å². The van der Waals surface area contributed by atoms with Crippen LogP contribution in [-0.4, -0.2) is 60.5 Å². The van der Waals surface area contributed by atoms with Crippen LogP contribution in [0.3, 0.4) is 0 Å². The Morgan fingerprint density at radius 3 is 2.19 bits per heavy atom. The van der Waals surface area contributed by atoms with E-state index < -0.39 is 0 Å². The Morgan fingerprint density at radius 2 is 1.50 bits per heavy atom. The molecule has 0 radical (unpaired) electrons. The lowest BCUT2D eigenvalue weighted by Crippen LogP contribution is -2.44. The molecular formula is C29H35F2N3O2. The van der Waals surface area contributed by atoms with Crippen molar-refractivity contribution in [2.45, 2.75) is 32.0 Å². The molecule has 0 bridgehead atoms. The Hall–Kier alpha value is -2.84. The van der Waals surface area contributed by atoms with Gasteiger partial charge in [-0.05, 0) is 71.5 Å². The highest BCUT2D eigenvalue weighted by Gasteiger charge is 2.26. The molecule has 0 aromatic heterocycles. The van der Waals surface area contributed by atoms with E-state index in [4.69, 9.17) is 0 Å². The van der Waals surface area contributed by atoms with Crippen LogP contribution in [0.15, 0.2) is 66.7 Å². The van der Waals surface area contributed by atoms with E-state index in [1.54, 1.807) is 6.07 Å². The fourth-order valence-electron chi connectivity index (χ4n) is 4.92. The monoisotopic (exact) mass is 495 g/mol. The second-order valence-corrected chi connectivity index (χ2v) is 9.35. The van der Waals surface area contributed by atoms with Crippen molar-refractivity contribution in [3.8, 4) is 0 Å². The van der Waals surface area contributed by atoms with Gasteiger partial charge in [0.05, 0.1) is 13.2 Å². The van der Waals surface area contributed by atoms with Crippen LogP contribution in [0.2, 0.25) is 0 Å². The third-order valence-corrected chi connectivity index (χ3v) is 6.84. The minimum Gasteiger partial charge on any atom is -0.395 e. The van der Waals surface area contributed by atoms with Crippen molar-refractivity contribution in [3.05, 3.63) is 101 Å². The summed E-state index contributed by atoms with van der Waals surface area (Å²) < 4.78 is 27.2. The topological polar surface area (TPSA) is 59.0 Å². The number of fused-ring (bicyclic) bond motifs is 1. The van der Waals surface area contributed by atoms with Crippen molar-refractivity contribution in [2.24, 2.45) is 0 Å². The van der Waals surface area contributed by atoms with Crippen LogP contribution in [0, 0.1) is 11.6 Å². The minimum absolute atomic E-state index is 0.0430. The Morgan fingerprint density at radius 1 is 0.833 bits per heavy atom. The van der Waals surface area contributed by atoms with E-state index in [1.807, 2.05) is 35.2 Å². The van der Waals surface area contributed by atoms with Gasteiger partial charge in [0.25, 0.3) is 0 Å². The van der Waals surface area contributed by atoms with Crippen LogP contribution in [-0.2, 0) is 25.9 Å². The normalized spacial score (nSPS) is 15.6. The van der Waals surface area contributed by atoms with Gasteiger partial charge in [0.1, 0.15) is 11.6 Å². The third kappa shape index (κ3) is 7.11. The summed E-state index contributed by atoms with van der Waals surface area (Å²) in [7, 11) is 0. The summed E-state index contributed by atoms with van der Waals surface area (Å²) in [5, 5.41) is 22.0. The van der Waals surface area contributed by atoms with Gasteiger partial charge in [-0.2, -0.15) is 0 Å². The van der Waals surface area contributed by atoms with E-state index in [2.05, 4.69) is 22.3 Å². The number of halogens is 2. The predicted molar refractivity (Wildman–Crippen MR) is 139 cm³/mol. The molecule has 1 aliphatic rings. The van der Waals surface area contributed by atoms with Crippen LogP contribution in [0.1, 0.15) is 22.3 Å².